The Kier molecular flexibility index (Phi) is 4.08. The maximum atomic E-state index is 13.3. The molecular formula is C15H13F3N2. The van der Waals surface area contributed by atoms with Crippen molar-refractivity contribution in [3.05, 3.63) is 53.8 Å². The van der Waals surface area contributed by atoms with E-state index in [2.05, 4.69) is 4.99 Å². The Hall–Kier alpha value is -2.30. The second kappa shape index (κ2) is 5.77. The average molecular weight is 278 g/mol. The van der Waals surface area contributed by atoms with Gasteiger partial charge in [0, 0.05) is 19.7 Å². The van der Waals surface area contributed by atoms with E-state index in [4.69, 9.17) is 0 Å². The van der Waals surface area contributed by atoms with Gasteiger partial charge in [-0.15, -0.1) is 0 Å². The van der Waals surface area contributed by atoms with E-state index in [1.807, 2.05) is 14.1 Å². The molecular weight excluding hydrogens is 265 g/mol. The lowest BCUT2D eigenvalue weighted by molar-refractivity contribution is 0.448. The third kappa shape index (κ3) is 2.99. The quantitative estimate of drug-likeness (QED) is 0.471. The highest BCUT2D eigenvalue weighted by Gasteiger charge is 2.13. The minimum Gasteiger partial charge on any atom is -0.369 e. The fourth-order valence-electron chi connectivity index (χ4n) is 1.72. The van der Waals surface area contributed by atoms with Crippen LogP contribution in [0.4, 0.5) is 18.9 Å². The van der Waals surface area contributed by atoms with Crippen LogP contribution in [-0.2, 0) is 0 Å². The molecule has 0 spiro atoms. The van der Waals surface area contributed by atoms with Crippen molar-refractivity contribution < 1.29 is 13.2 Å². The monoisotopic (exact) mass is 278 g/mol. The summed E-state index contributed by atoms with van der Waals surface area (Å²) in [6.07, 6.45) is 1.58. The normalized spacial score (nSPS) is 11.1. The largest absolute Gasteiger partial charge is 0.369 e. The van der Waals surface area contributed by atoms with Crippen molar-refractivity contribution in [2.45, 2.75) is 0 Å². The molecule has 0 bridgehead atoms. The highest BCUT2D eigenvalue weighted by atomic mass is 19.2. The Morgan fingerprint density at radius 2 is 1.60 bits per heavy atom. The lowest BCUT2D eigenvalue weighted by Crippen LogP contribution is -2.07. The minimum absolute atomic E-state index is 0.243. The van der Waals surface area contributed by atoms with E-state index in [-0.39, 0.29) is 5.56 Å². The van der Waals surface area contributed by atoms with Gasteiger partial charge < -0.3 is 4.90 Å². The van der Waals surface area contributed by atoms with Crippen LogP contribution in [0.2, 0.25) is 0 Å². The first-order valence-electron chi connectivity index (χ1n) is 5.93. The maximum Gasteiger partial charge on any atom is 0.194 e. The molecule has 0 amide bonds. The van der Waals surface area contributed by atoms with Gasteiger partial charge in [0.1, 0.15) is 0 Å². The molecule has 0 N–H and O–H groups in total. The number of aliphatic imine (C=N–C) groups is 1. The van der Waals surface area contributed by atoms with Gasteiger partial charge in [-0.2, -0.15) is 0 Å². The summed E-state index contributed by atoms with van der Waals surface area (Å²) in [6.45, 7) is 0. The van der Waals surface area contributed by atoms with Gasteiger partial charge in [0.2, 0.25) is 0 Å². The molecule has 2 aromatic carbocycles. The number of para-hydroxylation sites is 1. The molecule has 2 nitrogen and oxygen atoms in total. The van der Waals surface area contributed by atoms with Gasteiger partial charge >= 0.3 is 0 Å². The van der Waals surface area contributed by atoms with Crippen LogP contribution < -0.4 is 0 Å². The molecule has 0 radical (unpaired) electrons. The predicted molar refractivity (Wildman–Crippen MR) is 73.6 cm³/mol. The van der Waals surface area contributed by atoms with Crippen LogP contribution in [0.1, 0.15) is 0 Å². The van der Waals surface area contributed by atoms with Gasteiger partial charge in [-0.1, -0.05) is 18.2 Å². The summed E-state index contributed by atoms with van der Waals surface area (Å²) in [5.74, 6) is -3.90. The molecule has 0 heterocycles. The first kappa shape index (κ1) is 14.1. The van der Waals surface area contributed by atoms with E-state index in [0.717, 1.165) is 12.1 Å². The summed E-state index contributed by atoms with van der Waals surface area (Å²) in [6, 6.07) is 8.80. The van der Waals surface area contributed by atoms with Crippen LogP contribution in [0, 0.1) is 17.5 Å². The fourth-order valence-corrected chi connectivity index (χ4v) is 1.72. The highest BCUT2D eigenvalue weighted by Crippen LogP contribution is 2.31. The van der Waals surface area contributed by atoms with Gasteiger partial charge in [-0.3, -0.25) is 0 Å². The fraction of sp³-hybridized carbons (Fsp3) is 0.133. The molecule has 2 rings (SSSR count). The topological polar surface area (TPSA) is 15.6 Å². The van der Waals surface area contributed by atoms with Crippen molar-refractivity contribution in [3.8, 4) is 11.1 Å². The summed E-state index contributed by atoms with van der Waals surface area (Å²) in [5.41, 5.74) is 1.32. The zero-order valence-corrected chi connectivity index (χ0v) is 11.1. The standard InChI is InChI=1S/C15H13F3N2/c1-20(2)9-19-14-6-4-3-5-11(14)10-7-12(16)15(18)13(17)8-10/h3-9H,1-2H3. The third-order valence-corrected chi connectivity index (χ3v) is 2.63. The van der Waals surface area contributed by atoms with Crippen LogP contribution in [-0.4, -0.2) is 25.3 Å². The Bertz CT molecular complexity index is 628. The molecule has 0 atom stereocenters. The van der Waals surface area contributed by atoms with Crippen molar-refractivity contribution in [3.63, 3.8) is 0 Å². The van der Waals surface area contributed by atoms with E-state index >= 15 is 0 Å². The van der Waals surface area contributed by atoms with Crippen molar-refractivity contribution in [2.75, 3.05) is 14.1 Å². The Balaban J connectivity index is 2.53. The molecule has 0 aliphatic rings. The second-order valence-corrected chi connectivity index (χ2v) is 4.48. The van der Waals surface area contributed by atoms with Gasteiger partial charge in [-0.25, -0.2) is 18.2 Å². The molecule has 0 saturated heterocycles. The zero-order chi connectivity index (χ0) is 14.7. The van der Waals surface area contributed by atoms with Crippen molar-refractivity contribution in [1.82, 2.24) is 4.90 Å². The first-order valence-corrected chi connectivity index (χ1v) is 5.93. The van der Waals surface area contributed by atoms with E-state index in [9.17, 15) is 13.2 Å². The van der Waals surface area contributed by atoms with Gasteiger partial charge in [-0.05, 0) is 23.8 Å². The SMILES string of the molecule is CN(C)C=Nc1ccccc1-c1cc(F)c(F)c(F)c1. The summed E-state index contributed by atoms with van der Waals surface area (Å²) in [7, 11) is 3.62. The highest BCUT2D eigenvalue weighted by molar-refractivity contribution is 5.78. The molecule has 0 saturated carbocycles. The number of hydrogen-bond donors (Lipinski definition) is 0. The summed E-state index contributed by atoms with van der Waals surface area (Å²) >= 11 is 0. The molecule has 0 aliphatic heterocycles. The Morgan fingerprint density at radius 3 is 2.20 bits per heavy atom. The predicted octanol–water partition coefficient (Wildman–Crippen LogP) is 3.99. The molecule has 5 heteroatoms. The summed E-state index contributed by atoms with van der Waals surface area (Å²) in [4.78, 5) is 5.96. The summed E-state index contributed by atoms with van der Waals surface area (Å²) in [5, 5.41) is 0. The van der Waals surface area contributed by atoms with Gasteiger partial charge in [0.15, 0.2) is 17.5 Å². The number of halogens is 3. The molecule has 0 fully saturated rings. The van der Waals surface area contributed by atoms with Gasteiger partial charge in [0.25, 0.3) is 0 Å². The maximum absolute atomic E-state index is 13.3. The molecule has 0 aliphatic carbocycles. The molecule has 2 aromatic rings. The smallest absolute Gasteiger partial charge is 0.194 e. The Labute approximate surface area is 115 Å². The van der Waals surface area contributed by atoms with Crippen molar-refractivity contribution >= 4 is 12.0 Å². The lowest BCUT2D eigenvalue weighted by atomic mass is 10.0. The minimum atomic E-state index is -1.47. The van der Waals surface area contributed by atoms with Crippen molar-refractivity contribution in [1.29, 1.82) is 0 Å². The number of benzene rings is 2. The lowest BCUT2D eigenvalue weighted by Gasteiger charge is -2.08. The number of rotatable bonds is 3. The first-order chi connectivity index (χ1) is 9.49. The number of hydrogen-bond acceptors (Lipinski definition) is 1. The van der Waals surface area contributed by atoms with E-state index in [1.54, 1.807) is 35.5 Å². The van der Waals surface area contributed by atoms with E-state index in [1.165, 1.54) is 0 Å². The second-order valence-electron chi connectivity index (χ2n) is 4.48. The van der Waals surface area contributed by atoms with E-state index in [0.29, 0.717) is 11.3 Å². The zero-order valence-electron chi connectivity index (χ0n) is 11.1. The average Bonchev–Trinajstić information content (AvgIpc) is 2.42. The number of nitrogens with zero attached hydrogens (tertiary/aromatic N) is 2. The van der Waals surface area contributed by atoms with Gasteiger partial charge in [0.05, 0.1) is 12.0 Å². The molecule has 0 unspecified atom stereocenters. The van der Waals surface area contributed by atoms with Crippen LogP contribution in [0.3, 0.4) is 0 Å². The summed E-state index contributed by atoms with van der Waals surface area (Å²) < 4.78 is 39.6. The van der Waals surface area contributed by atoms with Crippen LogP contribution in [0.15, 0.2) is 41.4 Å². The molecule has 20 heavy (non-hydrogen) atoms. The Morgan fingerprint density at radius 1 is 1.00 bits per heavy atom. The third-order valence-electron chi connectivity index (χ3n) is 2.63. The molecule has 104 valence electrons. The molecule has 0 aromatic heterocycles. The van der Waals surface area contributed by atoms with Crippen LogP contribution in [0.25, 0.3) is 11.1 Å². The van der Waals surface area contributed by atoms with Crippen LogP contribution >= 0.6 is 0 Å². The van der Waals surface area contributed by atoms with Crippen molar-refractivity contribution in [2.24, 2.45) is 4.99 Å². The van der Waals surface area contributed by atoms with Crippen LogP contribution in [0.5, 0.6) is 0 Å². The van der Waals surface area contributed by atoms with E-state index < -0.39 is 17.5 Å².